The van der Waals surface area contributed by atoms with E-state index in [-0.39, 0.29) is 5.75 Å². The first-order valence-corrected chi connectivity index (χ1v) is 6.15. The normalized spacial score (nSPS) is 16.8. The molecule has 0 aromatic heterocycles. The van der Waals surface area contributed by atoms with Gasteiger partial charge in [-0.25, -0.2) is 8.78 Å². The zero-order valence-corrected chi connectivity index (χ0v) is 10.5. The van der Waals surface area contributed by atoms with Gasteiger partial charge in [-0.1, -0.05) is 0 Å². The quantitative estimate of drug-likeness (QED) is 0.882. The maximum atomic E-state index is 13.5. The molecule has 1 aromatic carbocycles. The van der Waals surface area contributed by atoms with Crippen molar-refractivity contribution in [2.24, 2.45) is 0 Å². The minimum Gasteiger partial charge on any atom is -0.493 e. The van der Waals surface area contributed by atoms with Crippen LogP contribution in [0, 0.1) is 11.6 Å². The van der Waals surface area contributed by atoms with E-state index in [2.05, 4.69) is 10.2 Å². The summed E-state index contributed by atoms with van der Waals surface area (Å²) in [7, 11) is 1.41. The third kappa shape index (κ3) is 3.17. The Balaban J connectivity index is 2.03. The predicted octanol–water partition coefficient (Wildman–Crippen LogP) is 1.42. The van der Waals surface area contributed by atoms with E-state index < -0.39 is 11.6 Å². The Morgan fingerprint density at radius 1 is 1.28 bits per heavy atom. The summed E-state index contributed by atoms with van der Waals surface area (Å²) >= 11 is 0. The molecule has 18 heavy (non-hydrogen) atoms. The van der Waals surface area contributed by atoms with E-state index in [4.69, 9.17) is 4.74 Å². The molecule has 1 aliphatic rings. The smallest absolute Gasteiger partial charge is 0.168 e. The summed E-state index contributed by atoms with van der Waals surface area (Å²) in [5, 5.41) is 3.27. The van der Waals surface area contributed by atoms with Crippen LogP contribution in [0.1, 0.15) is 5.56 Å². The van der Waals surface area contributed by atoms with Gasteiger partial charge in [-0.05, 0) is 12.5 Å². The number of halogens is 2. The second kappa shape index (κ2) is 6.11. The zero-order valence-electron chi connectivity index (χ0n) is 10.5. The third-order valence-electron chi connectivity index (χ3n) is 3.20. The number of hydrogen-bond acceptors (Lipinski definition) is 3. The van der Waals surface area contributed by atoms with Crippen LogP contribution in [0.15, 0.2) is 12.1 Å². The molecule has 1 heterocycles. The van der Waals surface area contributed by atoms with Gasteiger partial charge in [0.15, 0.2) is 11.6 Å². The first-order valence-electron chi connectivity index (χ1n) is 6.15. The zero-order chi connectivity index (χ0) is 13.0. The number of benzene rings is 1. The fraction of sp³-hybridized carbons (Fsp3) is 0.538. The van der Waals surface area contributed by atoms with Gasteiger partial charge in [0, 0.05) is 44.4 Å². The van der Waals surface area contributed by atoms with Crippen LogP contribution < -0.4 is 10.1 Å². The second-order valence-corrected chi connectivity index (χ2v) is 4.42. The van der Waals surface area contributed by atoms with E-state index in [0.29, 0.717) is 12.0 Å². The summed E-state index contributed by atoms with van der Waals surface area (Å²) in [4.78, 5) is 2.28. The topological polar surface area (TPSA) is 24.5 Å². The van der Waals surface area contributed by atoms with Crippen molar-refractivity contribution in [2.45, 2.75) is 6.42 Å². The Morgan fingerprint density at radius 3 is 2.67 bits per heavy atom. The molecule has 2 rings (SSSR count). The molecule has 0 spiro atoms. The largest absolute Gasteiger partial charge is 0.493 e. The van der Waals surface area contributed by atoms with Crippen molar-refractivity contribution in [1.29, 1.82) is 0 Å². The molecule has 0 radical (unpaired) electrons. The molecule has 3 nitrogen and oxygen atoms in total. The number of nitrogens with one attached hydrogen (secondary N) is 1. The number of methoxy groups -OCH3 is 1. The molecule has 0 amide bonds. The van der Waals surface area contributed by atoms with Crippen molar-refractivity contribution in [3.8, 4) is 5.75 Å². The highest BCUT2D eigenvalue weighted by atomic mass is 19.1. The summed E-state index contributed by atoms with van der Waals surface area (Å²) in [6, 6.07) is 2.21. The average molecular weight is 256 g/mol. The fourth-order valence-electron chi connectivity index (χ4n) is 2.24. The van der Waals surface area contributed by atoms with Gasteiger partial charge in [-0.3, -0.25) is 0 Å². The molecule has 1 aliphatic heterocycles. The molecule has 0 atom stereocenters. The van der Waals surface area contributed by atoms with Gasteiger partial charge in [-0.2, -0.15) is 0 Å². The second-order valence-electron chi connectivity index (χ2n) is 4.42. The van der Waals surface area contributed by atoms with Crippen molar-refractivity contribution in [2.75, 3.05) is 39.8 Å². The molecule has 1 fully saturated rings. The van der Waals surface area contributed by atoms with E-state index in [1.807, 2.05) is 0 Å². The standard InChI is InChI=1S/C13H18F2N2O/c1-18-13-10(8-11(14)9-12(13)15)2-5-17-6-3-16-4-7-17/h8-9,16H,2-7H2,1H3. The first kappa shape index (κ1) is 13.2. The van der Waals surface area contributed by atoms with Gasteiger partial charge in [0.1, 0.15) is 5.82 Å². The summed E-state index contributed by atoms with van der Waals surface area (Å²) in [6.45, 7) is 4.67. The Kier molecular flexibility index (Phi) is 4.49. The van der Waals surface area contributed by atoms with Crippen LogP contribution in [-0.4, -0.2) is 44.7 Å². The molecule has 0 unspecified atom stereocenters. The number of rotatable bonds is 4. The maximum Gasteiger partial charge on any atom is 0.168 e. The van der Waals surface area contributed by atoms with E-state index in [0.717, 1.165) is 38.8 Å². The molecule has 0 bridgehead atoms. The Labute approximate surface area is 106 Å². The molecule has 5 heteroatoms. The van der Waals surface area contributed by atoms with E-state index >= 15 is 0 Å². The maximum absolute atomic E-state index is 13.5. The lowest BCUT2D eigenvalue weighted by molar-refractivity contribution is 0.242. The third-order valence-corrected chi connectivity index (χ3v) is 3.20. The molecule has 0 aliphatic carbocycles. The number of piperazine rings is 1. The predicted molar refractivity (Wildman–Crippen MR) is 65.9 cm³/mol. The molecular formula is C13H18F2N2O. The SMILES string of the molecule is COc1c(F)cc(F)cc1CCN1CCNCC1. The monoisotopic (exact) mass is 256 g/mol. The van der Waals surface area contributed by atoms with Crippen LogP contribution in [-0.2, 0) is 6.42 Å². The van der Waals surface area contributed by atoms with E-state index in [1.165, 1.54) is 13.2 Å². The van der Waals surface area contributed by atoms with E-state index in [9.17, 15) is 8.78 Å². The fourth-order valence-corrected chi connectivity index (χ4v) is 2.24. The van der Waals surface area contributed by atoms with Crippen LogP contribution >= 0.6 is 0 Å². The highest BCUT2D eigenvalue weighted by Gasteiger charge is 2.14. The van der Waals surface area contributed by atoms with Gasteiger partial charge in [0.25, 0.3) is 0 Å². The van der Waals surface area contributed by atoms with Gasteiger partial charge in [0.2, 0.25) is 0 Å². The van der Waals surface area contributed by atoms with E-state index in [1.54, 1.807) is 0 Å². The lowest BCUT2D eigenvalue weighted by atomic mass is 10.1. The highest BCUT2D eigenvalue weighted by molar-refractivity contribution is 5.35. The summed E-state index contributed by atoms with van der Waals surface area (Å²) in [5.74, 6) is -1.03. The summed E-state index contributed by atoms with van der Waals surface area (Å²) < 4.78 is 31.7. The van der Waals surface area contributed by atoms with Gasteiger partial charge in [0.05, 0.1) is 7.11 Å². The molecule has 100 valence electrons. The van der Waals surface area contributed by atoms with Crippen LogP contribution in [0.3, 0.4) is 0 Å². The number of ether oxygens (including phenoxy) is 1. The Morgan fingerprint density at radius 2 is 2.00 bits per heavy atom. The molecule has 1 N–H and O–H groups in total. The highest BCUT2D eigenvalue weighted by Crippen LogP contribution is 2.24. The van der Waals surface area contributed by atoms with Gasteiger partial charge >= 0.3 is 0 Å². The number of nitrogens with zero attached hydrogens (tertiary/aromatic N) is 1. The van der Waals surface area contributed by atoms with Crippen molar-refractivity contribution in [3.63, 3.8) is 0 Å². The van der Waals surface area contributed by atoms with Gasteiger partial charge in [-0.15, -0.1) is 0 Å². The number of hydrogen-bond donors (Lipinski definition) is 1. The Hall–Kier alpha value is -1.20. The van der Waals surface area contributed by atoms with Crippen molar-refractivity contribution in [1.82, 2.24) is 10.2 Å². The molecule has 1 saturated heterocycles. The molecule has 1 aromatic rings. The minimum absolute atomic E-state index is 0.159. The van der Waals surface area contributed by atoms with Crippen molar-refractivity contribution >= 4 is 0 Å². The van der Waals surface area contributed by atoms with Crippen LogP contribution in [0.2, 0.25) is 0 Å². The Bertz CT molecular complexity index is 406. The van der Waals surface area contributed by atoms with Crippen LogP contribution in [0.25, 0.3) is 0 Å². The molecular weight excluding hydrogens is 238 g/mol. The lowest BCUT2D eigenvalue weighted by Crippen LogP contribution is -2.44. The van der Waals surface area contributed by atoms with Crippen molar-refractivity contribution in [3.05, 3.63) is 29.3 Å². The first-order chi connectivity index (χ1) is 8.70. The van der Waals surface area contributed by atoms with Crippen LogP contribution in [0.5, 0.6) is 5.75 Å². The lowest BCUT2D eigenvalue weighted by Gasteiger charge is -2.27. The van der Waals surface area contributed by atoms with Crippen molar-refractivity contribution < 1.29 is 13.5 Å². The van der Waals surface area contributed by atoms with Gasteiger partial charge < -0.3 is 15.0 Å². The van der Waals surface area contributed by atoms with Crippen LogP contribution in [0.4, 0.5) is 8.78 Å². The molecule has 0 saturated carbocycles. The summed E-state index contributed by atoms with van der Waals surface area (Å²) in [6.07, 6.45) is 0.595. The minimum atomic E-state index is -0.632. The average Bonchev–Trinajstić information content (AvgIpc) is 2.37. The summed E-state index contributed by atoms with van der Waals surface area (Å²) in [5.41, 5.74) is 0.591.